The van der Waals surface area contributed by atoms with Crippen molar-refractivity contribution < 1.29 is 22.1 Å². The number of hydrogen-bond acceptors (Lipinski definition) is 6. The zero-order valence-electron chi connectivity index (χ0n) is 18.4. The summed E-state index contributed by atoms with van der Waals surface area (Å²) in [6.07, 6.45) is 1.14. The molecule has 1 aliphatic rings. The molecule has 4 rings (SSSR count). The van der Waals surface area contributed by atoms with Crippen LogP contribution in [0.5, 0.6) is 0 Å². The summed E-state index contributed by atoms with van der Waals surface area (Å²) in [7, 11) is -2.17. The lowest BCUT2D eigenvalue weighted by molar-refractivity contribution is -0.136. The molecule has 0 spiro atoms. The number of halogens is 1. The van der Waals surface area contributed by atoms with Crippen LogP contribution in [0.15, 0.2) is 57.9 Å². The van der Waals surface area contributed by atoms with E-state index in [1.165, 1.54) is 21.3 Å². The summed E-state index contributed by atoms with van der Waals surface area (Å²) in [6, 6.07) is 12.4. The number of piperidine rings is 1. The summed E-state index contributed by atoms with van der Waals surface area (Å²) in [6.45, 7) is 2.50. The molecule has 0 aliphatic carbocycles. The van der Waals surface area contributed by atoms with Crippen LogP contribution >= 0.6 is 0 Å². The molecule has 174 valence electrons. The van der Waals surface area contributed by atoms with Gasteiger partial charge < -0.3 is 9.42 Å². The van der Waals surface area contributed by atoms with Gasteiger partial charge in [-0.15, -0.1) is 0 Å². The van der Waals surface area contributed by atoms with Crippen LogP contribution < -0.4 is 0 Å². The Morgan fingerprint density at radius 3 is 2.58 bits per heavy atom. The van der Waals surface area contributed by atoms with Gasteiger partial charge in [-0.1, -0.05) is 35.0 Å². The zero-order chi connectivity index (χ0) is 23.6. The third-order valence-electron chi connectivity index (χ3n) is 5.71. The first-order valence-electron chi connectivity index (χ1n) is 10.6. The Balaban J connectivity index is 1.41. The lowest BCUT2D eigenvalue weighted by Crippen LogP contribution is -2.45. The summed E-state index contributed by atoms with van der Waals surface area (Å²) in [5.41, 5.74) is 1.94. The molecule has 2 heterocycles. The largest absolute Gasteiger partial charge is 0.337 e. The number of amides is 1. The monoisotopic (exact) mass is 472 g/mol. The molecule has 2 aromatic carbocycles. The van der Waals surface area contributed by atoms with Crippen molar-refractivity contribution in [3.05, 3.63) is 65.8 Å². The summed E-state index contributed by atoms with van der Waals surface area (Å²) >= 11 is 0. The first-order valence-corrected chi connectivity index (χ1v) is 12.1. The minimum absolute atomic E-state index is 0.0137. The van der Waals surface area contributed by atoms with Gasteiger partial charge in [-0.25, -0.2) is 12.8 Å². The van der Waals surface area contributed by atoms with Crippen LogP contribution in [0.4, 0.5) is 4.39 Å². The number of carbonyl (C=O) groups excluding carboxylic acids is 1. The number of nitrogens with zero attached hydrogens (tertiary/aromatic N) is 4. The molecule has 1 atom stereocenters. The van der Waals surface area contributed by atoms with Crippen molar-refractivity contribution >= 4 is 15.9 Å². The number of sulfonamides is 1. The molecule has 1 aliphatic heterocycles. The van der Waals surface area contributed by atoms with E-state index in [9.17, 15) is 17.6 Å². The molecule has 1 amide bonds. The molecule has 0 N–H and O–H groups in total. The van der Waals surface area contributed by atoms with E-state index >= 15 is 0 Å². The van der Waals surface area contributed by atoms with E-state index in [2.05, 4.69) is 10.1 Å². The van der Waals surface area contributed by atoms with Gasteiger partial charge in [0.1, 0.15) is 5.82 Å². The molecule has 33 heavy (non-hydrogen) atoms. The van der Waals surface area contributed by atoms with Gasteiger partial charge in [-0.05, 0) is 44.0 Å². The van der Waals surface area contributed by atoms with Crippen molar-refractivity contribution in [2.24, 2.45) is 5.92 Å². The van der Waals surface area contributed by atoms with E-state index in [1.807, 2.05) is 31.2 Å². The lowest BCUT2D eigenvalue weighted by Gasteiger charge is -2.33. The van der Waals surface area contributed by atoms with Gasteiger partial charge in [0.25, 0.3) is 0 Å². The highest BCUT2D eigenvalue weighted by molar-refractivity contribution is 7.89. The Morgan fingerprint density at radius 1 is 1.18 bits per heavy atom. The van der Waals surface area contributed by atoms with Gasteiger partial charge in [-0.3, -0.25) is 4.79 Å². The number of aromatic nitrogens is 2. The number of rotatable bonds is 6. The van der Waals surface area contributed by atoms with Crippen molar-refractivity contribution in [3.8, 4) is 11.4 Å². The second-order valence-corrected chi connectivity index (χ2v) is 10.2. The molecule has 1 fully saturated rings. The van der Waals surface area contributed by atoms with Crippen LogP contribution in [0.2, 0.25) is 0 Å². The normalized spacial score (nSPS) is 17.1. The molecular weight excluding hydrogens is 447 g/mol. The van der Waals surface area contributed by atoms with Gasteiger partial charge in [0.05, 0.1) is 17.4 Å². The molecule has 0 bridgehead atoms. The van der Waals surface area contributed by atoms with Crippen molar-refractivity contribution in [1.82, 2.24) is 19.3 Å². The molecule has 10 heteroatoms. The molecule has 1 saturated heterocycles. The smallest absolute Gasteiger partial charge is 0.246 e. The van der Waals surface area contributed by atoms with E-state index < -0.39 is 21.8 Å². The van der Waals surface area contributed by atoms with E-state index in [0.29, 0.717) is 31.1 Å². The summed E-state index contributed by atoms with van der Waals surface area (Å²) < 4.78 is 45.7. The fourth-order valence-electron chi connectivity index (χ4n) is 3.85. The highest BCUT2D eigenvalue weighted by atomic mass is 32.2. The maximum Gasteiger partial charge on any atom is 0.246 e. The van der Waals surface area contributed by atoms with Crippen LogP contribution in [0.25, 0.3) is 11.4 Å². The topological polar surface area (TPSA) is 96.6 Å². The average molecular weight is 473 g/mol. The van der Waals surface area contributed by atoms with E-state index in [1.54, 1.807) is 7.05 Å². The summed E-state index contributed by atoms with van der Waals surface area (Å²) in [5, 5.41) is 3.99. The Morgan fingerprint density at radius 2 is 1.88 bits per heavy atom. The van der Waals surface area contributed by atoms with E-state index in [0.717, 1.165) is 23.3 Å². The number of benzene rings is 2. The van der Waals surface area contributed by atoms with Crippen molar-refractivity contribution in [2.75, 3.05) is 20.1 Å². The second kappa shape index (κ2) is 9.40. The van der Waals surface area contributed by atoms with Gasteiger partial charge in [-0.2, -0.15) is 9.29 Å². The fourth-order valence-corrected chi connectivity index (χ4v) is 5.37. The second-order valence-electron chi connectivity index (χ2n) is 8.23. The maximum atomic E-state index is 13.2. The van der Waals surface area contributed by atoms with Crippen molar-refractivity contribution in [3.63, 3.8) is 0 Å². The van der Waals surface area contributed by atoms with Crippen LogP contribution in [0.1, 0.15) is 24.3 Å². The third-order valence-corrected chi connectivity index (χ3v) is 7.59. The third kappa shape index (κ3) is 5.12. The lowest BCUT2D eigenvalue weighted by atomic mass is 9.98. The average Bonchev–Trinajstić information content (AvgIpc) is 3.27. The quantitative estimate of drug-likeness (QED) is 0.546. The van der Waals surface area contributed by atoms with Gasteiger partial charge >= 0.3 is 0 Å². The Labute approximate surface area is 192 Å². The van der Waals surface area contributed by atoms with Crippen molar-refractivity contribution in [1.29, 1.82) is 0 Å². The Kier molecular flexibility index (Phi) is 6.57. The first-order chi connectivity index (χ1) is 15.7. The van der Waals surface area contributed by atoms with Crippen LogP contribution in [-0.4, -0.2) is 53.8 Å². The fraction of sp³-hybridized carbons (Fsp3) is 0.348. The van der Waals surface area contributed by atoms with Gasteiger partial charge in [0, 0.05) is 25.7 Å². The molecule has 3 aromatic rings. The maximum absolute atomic E-state index is 13.2. The highest BCUT2D eigenvalue weighted by Crippen LogP contribution is 2.25. The van der Waals surface area contributed by atoms with Gasteiger partial charge in [0.2, 0.25) is 27.6 Å². The minimum atomic E-state index is -3.81. The van der Waals surface area contributed by atoms with Crippen LogP contribution in [0, 0.1) is 18.7 Å². The Hall–Kier alpha value is -3.11. The van der Waals surface area contributed by atoms with Crippen LogP contribution in [0.3, 0.4) is 0 Å². The SMILES string of the molecule is Cc1ccc(-c2noc(CN(C)C(=O)C3CCCN(S(=O)(=O)c4ccc(F)cc4)C3)n2)cc1. The number of hydrogen-bond donors (Lipinski definition) is 0. The van der Waals surface area contributed by atoms with E-state index in [4.69, 9.17) is 4.52 Å². The molecule has 0 saturated carbocycles. The number of aryl methyl sites for hydroxylation is 1. The predicted octanol–water partition coefficient (Wildman–Crippen LogP) is 3.24. The highest BCUT2D eigenvalue weighted by Gasteiger charge is 2.34. The predicted molar refractivity (Wildman–Crippen MR) is 119 cm³/mol. The number of carbonyl (C=O) groups is 1. The van der Waals surface area contributed by atoms with E-state index in [-0.39, 0.29) is 23.9 Å². The summed E-state index contributed by atoms with van der Waals surface area (Å²) in [5.74, 6) is -0.440. The zero-order valence-corrected chi connectivity index (χ0v) is 19.3. The van der Waals surface area contributed by atoms with Crippen molar-refractivity contribution in [2.45, 2.75) is 31.2 Å². The first kappa shape index (κ1) is 23.1. The molecule has 1 aromatic heterocycles. The van der Waals surface area contributed by atoms with Gasteiger partial charge in [0.15, 0.2) is 0 Å². The molecule has 0 radical (unpaired) electrons. The minimum Gasteiger partial charge on any atom is -0.337 e. The van der Waals surface area contributed by atoms with Crippen LogP contribution in [-0.2, 0) is 21.4 Å². The Bertz CT molecular complexity index is 1230. The molecular formula is C23H25FN4O4S. The molecule has 1 unspecified atom stereocenters. The molecule has 8 nitrogen and oxygen atoms in total. The summed E-state index contributed by atoms with van der Waals surface area (Å²) in [4.78, 5) is 18.9. The standard InChI is InChI=1S/C23H25FN4O4S/c1-16-5-7-17(8-6-16)22-25-21(32-26-22)15-27(2)23(29)18-4-3-13-28(14-18)33(30,31)20-11-9-19(24)10-12-20/h5-12,18H,3-4,13-15H2,1-2H3.